The van der Waals surface area contributed by atoms with Crippen molar-refractivity contribution in [2.24, 2.45) is 0 Å². The second-order valence-electron chi connectivity index (χ2n) is 7.78. The molecule has 8 nitrogen and oxygen atoms in total. The van der Waals surface area contributed by atoms with E-state index in [-0.39, 0.29) is 18.6 Å². The van der Waals surface area contributed by atoms with Crippen LogP contribution in [0.1, 0.15) is 52.5 Å². The number of hydrogen-bond acceptors (Lipinski definition) is 6. The lowest BCUT2D eigenvalue weighted by molar-refractivity contribution is -0.153. The number of amides is 1. The van der Waals surface area contributed by atoms with E-state index >= 15 is 0 Å². The second-order valence-corrected chi connectivity index (χ2v) is 7.78. The topological polar surface area (TPSA) is 94.5 Å². The van der Waals surface area contributed by atoms with Crippen molar-refractivity contribution < 1.29 is 33.6 Å². The van der Waals surface area contributed by atoms with Crippen molar-refractivity contribution in [1.29, 1.82) is 0 Å². The summed E-state index contributed by atoms with van der Waals surface area (Å²) in [4.78, 5) is 25.2. The van der Waals surface area contributed by atoms with Crippen molar-refractivity contribution in [2.75, 3.05) is 39.5 Å². The first kappa shape index (κ1) is 27.7. The zero-order chi connectivity index (χ0) is 23.8. The fraction of sp³-hybridized carbons (Fsp3) is 0.667. The Balaban J connectivity index is 2.53. The van der Waals surface area contributed by atoms with E-state index in [4.69, 9.17) is 18.9 Å². The van der Waals surface area contributed by atoms with E-state index < -0.39 is 12.1 Å². The highest BCUT2D eigenvalue weighted by atomic mass is 16.6. The van der Waals surface area contributed by atoms with E-state index in [0.717, 1.165) is 24.8 Å². The molecule has 32 heavy (non-hydrogen) atoms. The van der Waals surface area contributed by atoms with Gasteiger partial charge in [0.15, 0.2) is 6.10 Å². The third kappa shape index (κ3) is 11.9. The Bertz CT molecular complexity index is 648. The van der Waals surface area contributed by atoms with Gasteiger partial charge in [-0.15, -0.1) is 0 Å². The minimum absolute atomic E-state index is 0.164. The quantitative estimate of drug-likeness (QED) is 0.354. The summed E-state index contributed by atoms with van der Waals surface area (Å²) in [5, 5.41) is 9.31. The molecule has 0 radical (unpaired) electrons. The van der Waals surface area contributed by atoms with Crippen LogP contribution in [0.25, 0.3) is 0 Å². The molecule has 1 aromatic rings. The number of nitrogens with zero attached hydrogens (tertiary/aromatic N) is 1. The molecule has 1 aromatic carbocycles. The van der Waals surface area contributed by atoms with Crippen LogP contribution in [0, 0.1) is 0 Å². The van der Waals surface area contributed by atoms with Gasteiger partial charge in [0.05, 0.1) is 25.9 Å². The molecule has 1 rings (SSSR count). The lowest BCUT2D eigenvalue weighted by Crippen LogP contribution is -2.37. The van der Waals surface area contributed by atoms with Crippen LogP contribution in [-0.2, 0) is 25.4 Å². The van der Waals surface area contributed by atoms with Crippen LogP contribution in [0.5, 0.6) is 5.75 Å². The molecule has 1 atom stereocenters. The number of ether oxygens (including phenoxy) is 4. The highest BCUT2D eigenvalue weighted by molar-refractivity contribution is 5.72. The summed E-state index contributed by atoms with van der Waals surface area (Å²) in [5.41, 5.74) is 0.847. The summed E-state index contributed by atoms with van der Waals surface area (Å²) in [6.07, 6.45) is 1.69. The molecule has 0 saturated heterocycles. The van der Waals surface area contributed by atoms with Gasteiger partial charge in [0, 0.05) is 19.6 Å². The lowest BCUT2D eigenvalue weighted by Gasteiger charge is -2.22. The number of benzene rings is 1. The average Bonchev–Trinajstić information content (AvgIpc) is 2.76. The highest BCUT2D eigenvalue weighted by Gasteiger charge is 2.20. The minimum atomic E-state index is -0.979. The maximum Gasteiger partial charge on any atom is 0.409 e. The van der Waals surface area contributed by atoms with Crippen molar-refractivity contribution in [2.45, 2.75) is 65.6 Å². The molecule has 0 bridgehead atoms. The van der Waals surface area contributed by atoms with Crippen LogP contribution in [0.15, 0.2) is 24.3 Å². The smallest absolute Gasteiger partial charge is 0.409 e. The van der Waals surface area contributed by atoms with Gasteiger partial charge >= 0.3 is 12.1 Å². The van der Waals surface area contributed by atoms with Gasteiger partial charge in [-0.3, -0.25) is 0 Å². The van der Waals surface area contributed by atoms with Gasteiger partial charge in [0.2, 0.25) is 0 Å². The van der Waals surface area contributed by atoms with Crippen molar-refractivity contribution in [1.82, 2.24) is 4.90 Å². The number of hydrogen-bond donors (Lipinski definition) is 1. The van der Waals surface area contributed by atoms with Crippen LogP contribution in [-0.4, -0.2) is 73.8 Å². The molecular weight excluding hydrogens is 414 g/mol. The zero-order valence-electron chi connectivity index (χ0n) is 19.9. The van der Waals surface area contributed by atoms with E-state index in [9.17, 15) is 14.7 Å². The van der Waals surface area contributed by atoms with Gasteiger partial charge in [-0.1, -0.05) is 32.4 Å². The van der Waals surface area contributed by atoms with Gasteiger partial charge < -0.3 is 29.0 Å². The molecule has 1 N–H and O–H groups in total. The van der Waals surface area contributed by atoms with E-state index in [1.807, 2.05) is 32.9 Å². The van der Waals surface area contributed by atoms with Gasteiger partial charge in [-0.25, -0.2) is 9.59 Å². The standard InChI is InChI=1S/C24H39NO7/c1-5-7-15-29-16-12-25(24(28)31-14-6-2)13-17-30-21-10-8-20(9-11-21)18-22(23(26)27)32-19(3)4/h8-11,19,22H,5-7,12-18H2,1-4H3,(H,26,27). The Kier molecular flexibility index (Phi) is 14.1. The first-order chi connectivity index (χ1) is 15.4. The molecule has 0 aromatic heterocycles. The molecule has 0 fully saturated rings. The van der Waals surface area contributed by atoms with E-state index in [2.05, 4.69) is 6.92 Å². The lowest BCUT2D eigenvalue weighted by atomic mass is 10.1. The number of aliphatic carboxylic acids is 1. The minimum Gasteiger partial charge on any atom is -0.492 e. The summed E-state index contributed by atoms with van der Waals surface area (Å²) in [6, 6.07) is 7.22. The fourth-order valence-corrected chi connectivity index (χ4v) is 2.83. The third-order valence-corrected chi connectivity index (χ3v) is 4.52. The van der Waals surface area contributed by atoms with Gasteiger partial charge in [0.1, 0.15) is 12.4 Å². The summed E-state index contributed by atoms with van der Waals surface area (Å²) >= 11 is 0. The zero-order valence-corrected chi connectivity index (χ0v) is 19.9. The number of carboxylic acids is 1. The molecule has 0 aliphatic carbocycles. The Morgan fingerprint density at radius 1 is 0.969 bits per heavy atom. The Hall–Kier alpha value is -2.32. The van der Waals surface area contributed by atoms with Crippen molar-refractivity contribution in [3.63, 3.8) is 0 Å². The second kappa shape index (κ2) is 16.3. The predicted molar refractivity (Wildman–Crippen MR) is 122 cm³/mol. The fourth-order valence-electron chi connectivity index (χ4n) is 2.83. The molecule has 0 heterocycles. The maximum absolute atomic E-state index is 12.3. The Labute approximate surface area is 191 Å². The number of carboxylic acid groups (broad SMARTS) is 1. The maximum atomic E-state index is 12.3. The van der Waals surface area contributed by atoms with Crippen LogP contribution in [0.4, 0.5) is 4.79 Å². The van der Waals surface area contributed by atoms with Crippen LogP contribution in [0.3, 0.4) is 0 Å². The van der Waals surface area contributed by atoms with Gasteiger partial charge in [-0.2, -0.15) is 0 Å². The first-order valence-corrected chi connectivity index (χ1v) is 11.5. The van der Waals surface area contributed by atoms with E-state index in [1.54, 1.807) is 17.0 Å². The Morgan fingerprint density at radius 2 is 1.66 bits per heavy atom. The normalized spacial score (nSPS) is 11.9. The molecule has 0 spiro atoms. The first-order valence-electron chi connectivity index (χ1n) is 11.5. The van der Waals surface area contributed by atoms with Crippen LogP contribution >= 0.6 is 0 Å². The number of rotatable bonds is 17. The SMILES string of the molecule is CCCCOCCN(CCOc1ccc(CC(OC(C)C)C(=O)O)cc1)C(=O)OCCC. The monoisotopic (exact) mass is 453 g/mol. The number of unbranched alkanes of at least 4 members (excludes halogenated alkanes) is 1. The Morgan fingerprint density at radius 3 is 2.25 bits per heavy atom. The van der Waals surface area contributed by atoms with E-state index in [0.29, 0.717) is 45.3 Å². The largest absolute Gasteiger partial charge is 0.492 e. The molecule has 0 aliphatic heterocycles. The molecular formula is C24H39NO7. The van der Waals surface area contributed by atoms with Crippen LogP contribution in [0.2, 0.25) is 0 Å². The summed E-state index contributed by atoms with van der Waals surface area (Å²) < 4.78 is 22.0. The molecule has 1 unspecified atom stereocenters. The van der Waals surface area contributed by atoms with Crippen molar-refractivity contribution in [3.05, 3.63) is 29.8 Å². The highest BCUT2D eigenvalue weighted by Crippen LogP contribution is 2.15. The van der Waals surface area contributed by atoms with Crippen LogP contribution < -0.4 is 4.74 Å². The van der Waals surface area contributed by atoms with Crippen molar-refractivity contribution >= 4 is 12.1 Å². The van der Waals surface area contributed by atoms with Gasteiger partial charge in [-0.05, 0) is 44.4 Å². The molecule has 182 valence electrons. The summed E-state index contributed by atoms with van der Waals surface area (Å²) in [5.74, 6) is -0.334. The molecule has 0 aliphatic rings. The molecule has 0 saturated carbocycles. The number of carbonyl (C=O) groups excluding carboxylic acids is 1. The summed E-state index contributed by atoms with van der Waals surface area (Å²) in [6.45, 7) is 10.3. The third-order valence-electron chi connectivity index (χ3n) is 4.52. The molecule has 1 amide bonds. The van der Waals surface area contributed by atoms with Crippen molar-refractivity contribution in [3.8, 4) is 5.75 Å². The average molecular weight is 454 g/mol. The van der Waals surface area contributed by atoms with E-state index in [1.165, 1.54) is 0 Å². The predicted octanol–water partition coefficient (Wildman–Crippen LogP) is 4.15. The number of carbonyl (C=O) groups is 2. The summed E-state index contributed by atoms with van der Waals surface area (Å²) in [7, 11) is 0. The molecule has 8 heteroatoms. The van der Waals surface area contributed by atoms with Gasteiger partial charge in [0.25, 0.3) is 0 Å².